The summed E-state index contributed by atoms with van der Waals surface area (Å²) >= 11 is 0. The zero-order valence-electron chi connectivity index (χ0n) is 10.1. The lowest BCUT2D eigenvalue weighted by Crippen LogP contribution is -2.14. The molecule has 15 heavy (non-hydrogen) atoms. The summed E-state index contributed by atoms with van der Waals surface area (Å²) in [6, 6.07) is 8.70. The molecule has 1 aromatic carbocycles. The second-order valence-electron chi connectivity index (χ2n) is 4.09. The van der Waals surface area contributed by atoms with Crippen LogP contribution in [-0.4, -0.2) is 20.6 Å². The molecule has 84 valence electrons. The van der Waals surface area contributed by atoms with Gasteiger partial charge in [0.05, 0.1) is 0 Å². The molecule has 0 aliphatic carbocycles. The number of benzene rings is 1. The van der Waals surface area contributed by atoms with Gasteiger partial charge in [-0.1, -0.05) is 25.5 Å². The quantitative estimate of drug-likeness (QED) is 0.720. The number of rotatable bonds is 6. The molecule has 2 heteroatoms. The fourth-order valence-corrected chi connectivity index (χ4v) is 1.45. The van der Waals surface area contributed by atoms with E-state index in [9.17, 15) is 0 Å². The molecule has 0 saturated carbocycles. The molecule has 1 N–H and O–H groups in total. The Morgan fingerprint density at radius 3 is 2.33 bits per heavy atom. The Labute approximate surface area is 93.3 Å². The molecule has 0 heterocycles. The van der Waals surface area contributed by atoms with E-state index in [0.29, 0.717) is 0 Å². The lowest BCUT2D eigenvalue weighted by atomic mass is 10.2. The maximum Gasteiger partial charge on any atom is 0.0361 e. The fourth-order valence-electron chi connectivity index (χ4n) is 1.45. The first-order chi connectivity index (χ1) is 7.24. The smallest absolute Gasteiger partial charge is 0.0361 e. The third-order valence-corrected chi connectivity index (χ3v) is 2.49. The average Bonchev–Trinajstić information content (AvgIpc) is 2.25. The average molecular weight is 206 g/mol. The summed E-state index contributed by atoms with van der Waals surface area (Å²) in [7, 11) is 4.13. The van der Waals surface area contributed by atoms with E-state index in [4.69, 9.17) is 0 Å². The van der Waals surface area contributed by atoms with E-state index in [2.05, 4.69) is 55.5 Å². The third kappa shape index (κ3) is 4.34. The van der Waals surface area contributed by atoms with Gasteiger partial charge < -0.3 is 10.2 Å². The Hall–Kier alpha value is -1.02. The number of nitrogens with zero attached hydrogens (tertiary/aromatic N) is 1. The molecule has 0 saturated heterocycles. The minimum atomic E-state index is 0.980. The van der Waals surface area contributed by atoms with Gasteiger partial charge in [-0.05, 0) is 30.7 Å². The van der Waals surface area contributed by atoms with Crippen LogP contribution in [0.5, 0.6) is 0 Å². The molecule has 0 aliphatic heterocycles. The monoisotopic (exact) mass is 206 g/mol. The molecule has 2 nitrogen and oxygen atoms in total. The number of anilines is 1. The number of unbranched alkanes of at least 4 members (excludes halogenated alkanes) is 1. The highest BCUT2D eigenvalue weighted by Crippen LogP contribution is 2.11. The van der Waals surface area contributed by atoms with Crippen molar-refractivity contribution in [3.8, 4) is 0 Å². The minimum absolute atomic E-state index is 0.980. The number of hydrogen-bond donors (Lipinski definition) is 1. The standard InChI is InChI=1S/C13H22N2/c1-4-5-10-14-11-12-6-8-13(9-7-12)15(2)3/h6-9,14H,4-5,10-11H2,1-3H3. The Kier molecular flexibility index (Phi) is 5.19. The number of nitrogens with one attached hydrogen (secondary N) is 1. The van der Waals surface area contributed by atoms with Crippen LogP contribution in [0.4, 0.5) is 5.69 Å². The first-order valence-corrected chi connectivity index (χ1v) is 5.71. The SMILES string of the molecule is CCCCNCc1ccc(N(C)C)cc1. The third-order valence-electron chi connectivity index (χ3n) is 2.49. The second kappa shape index (κ2) is 6.46. The molecule has 1 rings (SSSR count). The summed E-state index contributed by atoms with van der Waals surface area (Å²) < 4.78 is 0. The Balaban J connectivity index is 2.36. The van der Waals surface area contributed by atoms with Crippen LogP contribution in [0.2, 0.25) is 0 Å². The zero-order chi connectivity index (χ0) is 11.1. The maximum absolute atomic E-state index is 3.44. The van der Waals surface area contributed by atoms with Crippen molar-refractivity contribution in [3.05, 3.63) is 29.8 Å². The van der Waals surface area contributed by atoms with E-state index in [1.165, 1.54) is 24.1 Å². The molecule has 1 aromatic rings. The van der Waals surface area contributed by atoms with E-state index in [1.807, 2.05) is 0 Å². The molecule has 0 amide bonds. The first-order valence-electron chi connectivity index (χ1n) is 5.71. The summed E-state index contributed by atoms with van der Waals surface area (Å²) in [5, 5.41) is 3.44. The largest absolute Gasteiger partial charge is 0.378 e. The summed E-state index contributed by atoms with van der Waals surface area (Å²) in [4.78, 5) is 2.12. The lowest BCUT2D eigenvalue weighted by Gasteiger charge is -2.12. The van der Waals surface area contributed by atoms with Gasteiger partial charge in [-0.2, -0.15) is 0 Å². The van der Waals surface area contributed by atoms with Crippen LogP contribution in [0.1, 0.15) is 25.3 Å². The van der Waals surface area contributed by atoms with Gasteiger partial charge in [0, 0.05) is 26.3 Å². The van der Waals surface area contributed by atoms with Gasteiger partial charge in [-0.3, -0.25) is 0 Å². The van der Waals surface area contributed by atoms with Crippen molar-refractivity contribution in [2.75, 3.05) is 25.5 Å². The van der Waals surface area contributed by atoms with Crippen LogP contribution < -0.4 is 10.2 Å². The van der Waals surface area contributed by atoms with Crippen LogP contribution in [0, 0.1) is 0 Å². The van der Waals surface area contributed by atoms with Crippen molar-refractivity contribution in [2.24, 2.45) is 0 Å². The lowest BCUT2D eigenvalue weighted by molar-refractivity contribution is 0.641. The van der Waals surface area contributed by atoms with Gasteiger partial charge in [0.1, 0.15) is 0 Å². The summed E-state index contributed by atoms with van der Waals surface area (Å²) in [6.45, 7) is 4.31. The highest BCUT2D eigenvalue weighted by Gasteiger charge is 1.95. The second-order valence-corrected chi connectivity index (χ2v) is 4.09. The minimum Gasteiger partial charge on any atom is -0.378 e. The molecular weight excluding hydrogens is 184 g/mol. The van der Waals surface area contributed by atoms with Gasteiger partial charge in [-0.25, -0.2) is 0 Å². The molecule has 0 aliphatic rings. The summed E-state index contributed by atoms with van der Waals surface area (Å²) in [5.41, 5.74) is 2.61. The van der Waals surface area contributed by atoms with Crippen molar-refractivity contribution in [2.45, 2.75) is 26.3 Å². The molecule has 0 aromatic heterocycles. The van der Waals surface area contributed by atoms with Gasteiger partial charge >= 0.3 is 0 Å². The molecular formula is C13H22N2. The van der Waals surface area contributed by atoms with Gasteiger partial charge in [0.2, 0.25) is 0 Å². The first kappa shape index (κ1) is 12.1. The predicted molar refractivity (Wildman–Crippen MR) is 67.4 cm³/mol. The van der Waals surface area contributed by atoms with Crippen LogP contribution in [0.15, 0.2) is 24.3 Å². The number of hydrogen-bond acceptors (Lipinski definition) is 2. The van der Waals surface area contributed by atoms with Crippen molar-refractivity contribution < 1.29 is 0 Å². The topological polar surface area (TPSA) is 15.3 Å². The van der Waals surface area contributed by atoms with Crippen molar-refractivity contribution in [1.82, 2.24) is 5.32 Å². The normalized spacial score (nSPS) is 10.3. The highest BCUT2D eigenvalue weighted by molar-refractivity contribution is 5.45. The molecule has 0 radical (unpaired) electrons. The van der Waals surface area contributed by atoms with E-state index in [-0.39, 0.29) is 0 Å². The molecule has 0 unspecified atom stereocenters. The van der Waals surface area contributed by atoms with Crippen LogP contribution in [0.3, 0.4) is 0 Å². The van der Waals surface area contributed by atoms with Crippen molar-refractivity contribution in [3.63, 3.8) is 0 Å². The van der Waals surface area contributed by atoms with E-state index in [0.717, 1.165) is 13.1 Å². The summed E-state index contributed by atoms with van der Waals surface area (Å²) in [6.07, 6.45) is 2.52. The van der Waals surface area contributed by atoms with Crippen molar-refractivity contribution >= 4 is 5.69 Å². The molecule has 0 atom stereocenters. The van der Waals surface area contributed by atoms with Crippen LogP contribution in [-0.2, 0) is 6.54 Å². The van der Waals surface area contributed by atoms with Gasteiger partial charge in [-0.15, -0.1) is 0 Å². The molecule has 0 bridgehead atoms. The molecule has 0 fully saturated rings. The van der Waals surface area contributed by atoms with E-state index in [1.54, 1.807) is 0 Å². The van der Waals surface area contributed by atoms with Gasteiger partial charge in [0.15, 0.2) is 0 Å². The predicted octanol–water partition coefficient (Wildman–Crippen LogP) is 2.64. The Bertz CT molecular complexity index is 264. The van der Waals surface area contributed by atoms with Crippen LogP contribution in [0.25, 0.3) is 0 Å². The maximum atomic E-state index is 3.44. The zero-order valence-corrected chi connectivity index (χ0v) is 10.1. The Morgan fingerprint density at radius 1 is 1.13 bits per heavy atom. The highest BCUT2D eigenvalue weighted by atomic mass is 15.1. The fraction of sp³-hybridized carbons (Fsp3) is 0.538. The van der Waals surface area contributed by atoms with Crippen molar-refractivity contribution in [1.29, 1.82) is 0 Å². The van der Waals surface area contributed by atoms with E-state index >= 15 is 0 Å². The van der Waals surface area contributed by atoms with Crippen LogP contribution >= 0.6 is 0 Å². The van der Waals surface area contributed by atoms with Gasteiger partial charge in [0.25, 0.3) is 0 Å². The molecule has 0 spiro atoms. The van der Waals surface area contributed by atoms with E-state index < -0.39 is 0 Å². The summed E-state index contributed by atoms with van der Waals surface area (Å²) in [5.74, 6) is 0. The Morgan fingerprint density at radius 2 is 1.80 bits per heavy atom.